The van der Waals surface area contributed by atoms with Gasteiger partial charge < -0.3 is 10.5 Å². The summed E-state index contributed by atoms with van der Waals surface area (Å²) in [6.45, 7) is 2.51. The second-order valence-corrected chi connectivity index (χ2v) is 4.47. The maximum Gasteiger partial charge on any atom is 0.123 e. The van der Waals surface area contributed by atoms with Gasteiger partial charge in [-0.15, -0.1) is 0 Å². The molecule has 0 spiro atoms. The lowest BCUT2D eigenvalue weighted by molar-refractivity contribution is 0.318. The standard InChI is InChI=1S/C14H15ClN2O/c1-10-8-13(16)12(15)9-14(10)18-7-5-11-4-2-3-6-17-11/h2-4,6,8-9H,5,7,16H2,1H3. The molecule has 3 nitrogen and oxygen atoms in total. The fraction of sp³-hybridized carbons (Fsp3) is 0.214. The third-order valence-electron chi connectivity index (χ3n) is 2.64. The number of hydrogen-bond acceptors (Lipinski definition) is 3. The van der Waals surface area contributed by atoms with Crippen molar-refractivity contribution in [2.24, 2.45) is 0 Å². The minimum absolute atomic E-state index is 0.522. The average Bonchev–Trinajstić information content (AvgIpc) is 2.37. The first-order chi connectivity index (χ1) is 8.66. The molecular formula is C14H15ClN2O. The van der Waals surface area contributed by atoms with E-state index in [-0.39, 0.29) is 0 Å². The number of nitrogens with two attached hydrogens (primary N) is 1. The lowest BCUT2D eigenvalue weighted by Crippen LogP contribution is -2.04. The molecule has 1 heterocycles. The molecule has 2 aromatic rings. The quantitative estimate of drug-likeness (QED) is 0.861. The third kappa shape index (κ3) is 3.14. The van der Waals surface area contributed by atoms with E-state index in [0.717, 1.165) is 23.4 Å². The molecule has 0 aliphatic rings. The maximum absolute atomic E-state index is 5.96. The lowest BCUT2D eigenvalue weighted by atomic mass is 10.2. The van der Waals surface area contributed by atoms with Gasteiger partial charge in [-0.2, -0.15) is 0 Å². The smallest absolute Gasteiger partial charge is 0.123 e. The van der Waals surface area contributed by atoms with Crippen molar-refractivity contribution in [1.82, 2.24) is 4.98 Å². The minimum atomic E-state index is 0.522. The molecule has 18 heavy (non-hydrogen) atoms. The van der Waals surface area contributed by atoms with Crippen molar-refractivity contribution in [2.75, 3.05) is 12.3 Å². The van der Waals surface area contributed by atoms with Gasteiger partial charge in [0.05, 0.1) is 17.3 Å². The van der Waals surface area contributed by atoms with Crippen LogP contribution >= 0.6 is 11.6 Å². The van der Waals surface area contributed by atoms with E-state index in [1.807, 2.05) is 31.2 Å². The number of hydrogen-bond donors (Lipinski definition) is 1. The molecule has 0 aliphatic heterocycles. The van der Waals surface area contributed by atoms with Gasteiger partial charge in [-0.3, -0.25) is 4.98 Å². The Morgan fingerprint density at radius 3 is 2.89 bits per heavy atom. The SMILES string of the molecule is Cc1cc(N)c(Cl)cc1OCCc1ccccn1. The van der Waals surface area contributed by atoms with E-state index in [1.54, 1.807) is 12.3 Å². The maximum atomic E-state index is 5.96. The van der Waals surface area contributed by atoms with Gasteiger partial charge in [-0.25, -0.2) is 0 Å². The first kappa shape index (κ1) is 12.7. The van der Waals surface area contributed by atoms with Crippen LogP contribution in [0.15, 0.2) is 36.5 Å². The molecule has 0 amide bonds. The van der Waals surface area contributed by atoms with Gasteiger partial charge in [0, 0.05) is 24.4 Å². The summed E-state index contributed by atoms with van der Waals surface area (Å²) in [6.07, 6.45) is 2.54. The van der Waals surface area contributed by atoms with E-state index in [0.29, 0.717) is 17.3 Å². The van der Waals surface area contributed by atoms with Crippen LogP contribution in [-0.2, 0) is 6.42 Å². The summed E-state index contributed by atoms with van der Waals surface area (Å²) in [5.41, 5.74) is 8.28. The number of nitrogens with zero attached hydrogens (tertiary/aromatic N) is 1. The number of pyridine rings is 1. The lowest BCUT2D eigenvalue weighted by Gasteiger charge is -2.10. The highest BCUT2D eigenvalue weighted by molar-refractivity contribution is 6.33. The van der Waals surface area contributed by atoms with Gasteiger partial charge in [-0.05, 0) is 30.7 Å². The van der Waals surface area contributed by atoms with Gasteiger partial charge in [-0.1, -0.05) is 17.7 Å². The van der Waals surface area contributed by atoms with Crippen LogP contribution in [0.25, 0.3) is 0 Å². The number of anilines is 1. The summed E-state index contributed by atoms with van der Waals surface area (Å²) in [5.74, 6) is 0.769. The number of benzene rings is 1. The van der Waals surface area contributed by atoms with Crippen molar-refractivity contribution in [3.8, 4) is 5.75 Å². The molecule has 0 radical (unpaired) electrons. The van der Waals surface area contributed by atoms with Crippen molar-refractivity contribution in [2.45, 2.75) is 13.3 Å². The van der Waals surface area contributed by atoms with Crippen molar-refractivity contribution in [3.63, 3.8) is 0 Å². The van der Waals surface area contributed by atoms with Crippen molar-refractivity contribution in [1.29, 1.82) is 0 Å². The molecule has 0 unspecified atom stereocenters. The topological polar surface area (TPSA) is 48.1 Å². The highest BCUT2D eigenvalue weighted by Gasteiger charge is 2.04. The molecular weight excluding hydrogens is 248 g/mol. The Hall–Kier alpha value is -1.74. The van der Waals surface area contributed by atoms with Crippen molar-refractivity contribution >= 4 is 17.3 Å². The van der Waals surface area contributed by atoms with E-state index in [2.05, 4.69) is 4.98 Å². The van der Waals surface area contributed by atoms with E-state index in [1.165, 1.54) is 0 Å². The fourth-order valence-electron chi connectivity index (χ4n) is 1.65. The monoisotopic (exact) mass is 262 g/mol. The van der Waals surface area contributed by atoms with Gasteiger partial charge >= 0.3 is 0 Å². The van der Waals surface area contributed by atoms with E-state index in [4.69, 9.17) is 22.1 Å². The number of aromatic nitrogens is 1. The summed E-state index contributed by atoms with van der Waals surface area (Å²) in [4.78, 5) is 4.24. The largest absolute Gasteiger partial charge is 0.493 e. The van der Waals surface area contributed by atoms with Crippen molar-refractivity contribution in [3.05, 3.63) is 52.8 Å². The molecule has 0 bridgehead atoms. The predicted molar refractivity (Wildman–Crippen MR) is 74.0 cm³/mol. The Morgan fingerprint density at radius 2 is 2.17 bits per heavy atom. The molecule has 0 fully saturated rings. The average molecular weight is 263 g/mol. The molecule has 0 aliphatic carbocycles. The minimum Gasteiger partial charge on any atom is -0.493 e. The zero-order valence-electron chi connectivity index (χ0n) is 10.2. The molecule has 0 saturated heterocycles. The number of ether oxygens (including phenoxy) is 1. The molecule has 4 heteroatoms. The second-order valence-electron chi connectivity index (χ2n) is 4.06. The molecule has 94 valence electrons. The molecule has 2 N–H and O–H groups in total. The Labute approximate surface area is 112 Å². The normalized spacial score (nSPS) is 10.3. The first-order valence-corrected chi connectivity index (χ1v) is 6.13. The second kappa shape index (κ2) is 5.74. The van der Waals surface area contributed by atoms with Crippen LogP contribution < -0.4 is 10.5 Å². The zero-order valence-corrected chi connectivity index (χ0v) is 10.9. The molecule has 2 rings (SSSR count). The molecule has 0 atom stereocenters. The van der Waals surface area contributed by atoms with Crippen LogP contribution in [-0.4, -0.2) is 11.6 Å². The van der Waals surface area contributed by atoms with Crippen LogP contribution in [0.5, 0.6) is 5.75 Å². The summed E-state index contributed by atoms with van der Waals surface area (Å²) in [5, 5.41) is 0.522. The van der Waals surface area contributed by atoms with Crippen molar-refractivity contribution < 1.29 is 4.74 Å². The Kier molecular flexibility index (Phi) is 4.05. The summed E-state index contributed by atoms with van der Waals surface area (Å²) < 4.78 is 5.70. The molecule has 1 aromatic heterocycles. The van der Waals surface area contributed by atoms with Gasteiger partial charge in [0.25, 0.3) is 0 Å². The zero-order chi connectivity index (χ0) is 13.0. The highest BCUT2D eigenvalue weighted by atomic mass is 35.5. The summed E-state index contributed by atoms with van der Waals surface area (Å²) in [7, 11) is 0. The number of halogens is 1. The fourth-order valence-corrected chi connectivity index (χ4v) is 1.81. The van der Waals surface area contributed by atoms with Crippen LogP contribution in [0.3, 0.4) is 0 Å². The summed E-state index contributed by atoms with van der Waals surface area (Å²) >= 11 is 5.96. The van der Waals surface area contributed by atoms with Crippen LogP contribution in [0, 0.1) is 6.92 Å². The van der Waals surface area contributed by atoms with E-state index < -0.39 is 0 Å². The number of nitrogen functional groups attached to an aromatic ring is 1. The van der Waals surface area contributed by atoms with E-state index >= 15 is 0 Å². The predicted octanol–water partition coefficient (Wildman–Crippen LogP) is 3.25. The highest BCUT2D eigenvalue weighted by Crippen LogP contribution is 2.28. The third-order valence-corrected chi connectivity index (χ3v) is 2.96. The summed E-state index contributed by atoms with van der Waals surface area (Å²) in [6, 6.07) is 9.41. The van der Waals surface area contributed by atoms with Gasteiger partial charge in [0.2, 0.25) is 0 Å². The first-order valence-electron chi connectivity index (χ1n) is 5.75. The van der Waals surface area contributed by atoms with Crippen LogP contribution in [0.1, 0.15) is 11.3 Å². The van der Waals surface area contributed by atoms with Crippen LogP contribution in [0.4, 0.5) is 5.69 Å². The van der Waals surface area contributed by atoms with Gasteiger partial charge in [0.15, 0.2) is 0 Å². The van der Waals surface area contributed by atoms with Crippen LogP contribution in [0.2, 0.25) is 5.02 Å². The Morgan fingerprint density at radius 1 is 1.33 bits per heavy atom. The molecule has 1 aromatic carbocycles. The van der Waals surface area contributed by atoms with Gasteiger partial charge in [0.1, 0.15) is 5.75 Å². The Bertz CT molecular complexity index is 529. The molecule has 0 saturated carbocycles. The van der Waals surface area contributed by atoms with E-state index in [9.17, 15) is 0 Å². The Balaban J connectivity index is 1.97. The number of rotatable bonds is 4. The number of aryl methyl sites for hydroxylation is 1.